The number of nitro benzene ring substituents is 1. The first kappa shape index (κ1) is 13.4. The second kappa shape index (κ2) is 5.73. The molecule has 1 fully saturated rings. The molecular formula is C11H13Cl2N3O2. The van der Waals surface area contributed by atoms with Crippen LogP contribution in [-0.2, 0) is 0 Å². The van der Waals surface area contributed by atoms with Crippen molar-refractivity contribution in [1.29, 1.82) is 0 Å². The molecule has 0 spiro atoms. The summed E-state index contributed by atoms with van der Waals surface area (Å²) in [7, 11) is 0. The Balaban J connectivity index is 2.34. The van der Waals surface area contributed by atoms with Crippen LogP contribution in [0.25, 0.3) is 0 Å². The first-order chi connectivity index (χ1) is 8.59. The van der Waals surface area contributed by atoms with Gasteiger partial charge in [0.15, 0.2) is 0 Å². The molecule has 98 valence electrons. The number of rotatable bonds is 2. The van der Waals surface area contributed by atoms with E-state index in [1.807, 2.05) is 0 Å². The Morgan fingerprint density at radius 3 is 2.50 bits per heavy atom. The molecule has 1 saturated heterocycles. The van der Waals surface area contributed by atoms with E-state index in [1.54, 1.807) is 0 Å². The number of nitrogens with zero attached hydrogens (tertiary/aromatic N) is 2. The molecule has 0 amide bonds. The fraction of sp³-hybridized carbons (Fsp3) is 0.455. The van der Waals surface area contributed by atoms with Crippen molar-refractivity contribution in [2.24, 2.45) is 0 Å². The van der Waals surface area contributed by atoms with E-state index in [-0.39, 0.29) is 5.69 Å². The standard InChI is InChI=1S/C11H13Cl2N3O2/c12-9-6-8(16(17)18)7-10(13)11(9)15-4-1-2-14-3-5-15/h6-7,14H,1-5H2. The van der Waals surface area contributed by atoms with Crippen LogP contribution in [-0.4, -0.2) is 31.1 Å². The van der Waals surface area contributed by atoms with Gasteiger partial charge in [-0.15, -0.1) is 0 Å². The number of non-ortho nitro benzene ring substituents is 1. The van der Waals surface area contributed by atoms with Crippen molar-refractivity contribution in [2.75, 3.05) is 31.1 Å². The van der Waals surface area contributed by atoms with Crippen molar-refractivity contribution in [2.45, 2.75) is 6.42 Å². The zero-order chi connectivity index (χ0) is 13.1. The number of benzene rings is 1. The summed E-state index contributed by atoms with van der Waals surface area (Å²) in [6, 6.07) is 2.70. The monoisotopic (exact) mass is 289 g/mol. The highest BCUT2D eigenvalue weighted by Gasteiger charge is 2.20. The first-order valence-electron chi connectivity index (χ1n) is 5.68. The molecule has 0 unspecified atom stereocenters. The molecular weight excluding hydrogens is 277 g/mol. The summed E-state index contributed by atoms with van der Waals surface area (Å²) in [6.45, 7) is 3.43. The van der Waals surface area contributed by atoms with E-state index >= 15 is 0 Å². The summed E-state index contributed by atoms with van der Waals surface area (Å²) in [5.41, 5.74) is 0.606. The molecule has 0 saturated carbocycles. The van der Waals surface area contributed by atoms with Gasteiger partial charge in [0.05, 0.1) is 20.7 Å². The molecule has 0 radical (unpaired) electrons. The van der Waals surface area contributed by atoms with Gasteiger partial charge in [0, 0.05) is 31.8 Å². The van der Waals surface area contributed by atoms with E-state index in [1.165, 1.54) is 12.1 Å². The Kier molecular flexibility index (Phi) is 4.27. The summed E-state index contributed by atoms with van der Waals surface area (Å²) >= 11 is 12.2. The maximum absolute atomic E-state index is 10.7. The molecule has 1 aromatic carbocycles. The number of nitro groups is 1. The highest BCUT2D eigenvalue weighted by molar-refractivity contribution is 6.39. The van der Waals surface area contributed by atoms with E-state index < -0.39 is 4.92 Å². The van der Waals surface area contributed by atoms with Crippen LogP contribution >= 0.6 is 23.2 Å². The van der Waals surface area contributed by atoms with Gasteiger partial charge in [-0.2, -0.15) is 0 Å². The van der Waals surface area contributed by atoms with Gasteiger partial charge in [0.1, 0.15) is 0 Å². The fourth-order valence-corrected chi connectivity index (χ4v) is 2.74. The summed E-state index contributed by atoms with van der Waals surface area (Å²) in [5, 5.41) is 14.7. The first-order valence-corrected chi connectivity index (χ1v) is 6.44. The summed E-state index contributed by atoms with van der Waals surface area (Å²) < 4.78 is 0. The number of halogens is 2. The lowest BCUT2D eigenvalue weighted by Crippen LogP contribution is -2.28. The van der Waals surface area contributed by atoms with Crippen molar-refractivity contribution in [3.63, 3.8) is 0 Å². The maximum atomic E-state index is 10.7. The van der Waals surface area contributed by atoms with Gasteiger partial charge in [-0.25, -0.2) is 0 Å². The Morgan fingerprint density at radius 1 is 1.22 bits per heavy atom. The van der Waals surface area contributed by atoms with Crippen LogP contribution in [0.15, 0.2) is 12.1 Å². The maximum Gasteiger partial charge on any atom is 0.272 e. The summed E-state index contributed by atoms with van der Waals surface area (Å²) in [4.78, 5) is 12.3. The number of hydrogen-bond donors (Lipinski definition) is 1. The third-order valence-corrected chi connectivity index (χ3v) is 3.45. The summed E-state index contributed by atoms with van der Waals surface area (Å²) in [5.74, 6) is 0. The van der Waals surface area contributed by atoms with Crippen LogP contribution in [0.2, 0.25) is 10.0 Å². The SMILES string of the molecule is O=[N+]([O-])c1cc(Cl)c(N2CCCNCC2)c(Cl)c1. The Bertz CT molecular complexity index is 437. The molecule has 1 aromatic rings. The molecule has 7 heteroatoms. The van der Waals surface area contributed by atoms with E-state index in [4.69, 9.17) is 23.2 Å². The van der Waals surface area contributed by atoms with E-state index in [2.05, 4.69) is 10.2 Å². The molecule has 0 aromatic heterocycles. The third kappa shape index (κ3) is 2.85. The van der Waals surface area contributed by atoms with Gasteiger partial charge in [0.25, 0.3) is 5.69 Å². The van der Waals surface area contributed by atoms with Gasteiger partial charge in [-0.1, -0.05) is 23.2 Å². The lowest BCUT2D eigenvalue weighted by Gasteiger charge is -2.24. The van der Waals surface area contributed by atoms with Crippen molar-refractivity contribution in [3.8, 4) is 0 Å². The topological polar surface area (TPSA) is 58.4 Å². The normalized spacial score (nSPS) is 16.4. The molecule has 0 aliphatic carbocycles. The molecule has 1 N–H and O–H groups in total. The quantitative estimate of drug-likeness (QED) is 0.672. The summed E-state index contributed by atoms with van der Waals surface area (Å²) in [6.07, 6.45) is 0.990. The third-order valence-electron chi connectivity index (χ3n) is 2.87. The van der Waals surface area contributed by atoms with Crippen LogP contribution in [0, 0.1) is 10.1 Å². The zero-order valence-corrected chi connectivity index (χ0v) is 11.2. The fourth-order valence-electron chi connectivity index (χ4n) is 2.03. The van der Waals surface area contributed by atoms with Crippen molar-refractivity contribution in [1.82, 2.24) is 5.32 Å². The van der Waals surface area contributed by atoms with Crippen molar-refractivity contribution in [3.05, 3.63) is 32.3 Å². The second-order valence-corrected chi connectivity index (χ2v) is 4.92. The number of hydrogen-bond acceptors (Lipinski definition) is 4. The highest BCUT2D eigenvalue weighted by atomic mass is 35.5. The lowest BCUT2D eigenvalue weighted by atomic mass is 10.2. The molecule has 2 rings (SSSR count). The number of anilines is 1. The van der Waals surface area contributed by atoms with Crippen LogP contribution in [0.1, 0.15) is 6.42 Å². The average molecular weight is 290 g/mol. The minimum Gasteiger partial charge on any atom is -0.368 e. The Hall–Kier alpha value is -1.04. The molecule has 0 bridgehead atoms. The van der Waals surface area contributed by atoms with Gasteiger partial charge >= 0.3 is 0 Å². The zero-order valence-electron chi connectivity index (χ0n) is 9.66. The molecule has 1 heterocycles. The predicted octanol–water partition coefficient (Wildman–Crippen LogP) is 2.70. The molecule has 5 nitrogen and oxygen atoms in total. The van der Waals surface area contributed by atoms with Gasteiger partial charge in [0.2, 0.25) is 0 Å². The minimum atomic E-state index is -0.495. The van der Waals surface area contributed by atoms with Crippen LogP contribution in [0.4, 0.5) is 11.4 Å². The van der Waals surface area contributed by atoms with E-state index in [0.717, 1.165) is 32.6 Å². The largest absolute Gasteiger partial charge is 0.368 e. The predicted molar refractivity (Wildman–Crippen MR) is 72.8 cm³/mol. The van der Waals surface area contributed by atoms with Crippen LogP contribution < -0.4 is 10.2 Å². The van der Waals surface area contributed by atoms with Gasteiger partial charge < -0.3 is 10.2 Å². The molecule has 1 aliphatic heterocycles. The molecule has 18 heavy (non-hydrogen) atoms. The molecule has 0 atom stereocenters. The minimum absolute atomic E-state index is 0.0818. The van der Waals surface area contributed by atoms with Crippen molar-refractivity contribution < 1.29 is 4.92 Å². The van der Waals surface area contributed by atoms with Crippen molar-refractivity contribution >= 4 is 34.6 Å². The highest BCUT2D eigenvalue weighted by Crippen LogP contribution is 2.37. The van der Waals surface area contributed by atoms with E-state index in [9.17, 15) is 10.1 Å². The number of nitrogens with one attached hydrogen (secondary N) is 1. The Labute approximate surface area is 115 Å². The van der Waals surface area contributed by atoms with Gasteiger partial charge in [-0.3, -0.25) is 10.1 Å². The lowest BCUT2D eigenvalue weighted by molar-refractivity contribution is -0.384. The van der Waals surface area contributed by atoms with Crippen LogP contribution in [0.3, 0.4) is 0 Å². The van der Waals surface area contributed by atoms with E-state index in [0.29, 0.717) is 15.7 Å². The average Bonchev–Trinajstić information content (AvgIpc) is 2.57. The Morgan fingerprint density at radius 2 is 1.89 bits per heavy atom. The van der Waals surface area contributed by atoms with Gasteiger partial charge in [-0.05, 0) is 13.0 Å². The van der Waals surface area contributed by atoms with Crippen LogP contribution in [0.5, 0.6) is 0 Å². The smallest absolute Gasteiger partial charge is 0.272 e. The molecule has 1 aliphatic rings. The second-order valence-electron chi connectivity index (χ2n) is 4.11.